The SMILES string of the molecule is NC(=O)C[C@@H](NC(=O)c1ccccc1O)C(=O)O. The quantitative estimate of drug-likeness (QED) is 0.558. The molecule has 96 valence electrons. The number of carboxylic acid groups (broad SMARTS) is 1. The molecule has 0 spiro atoms. The van der Waals surface area contributed by atoms with E-state index in [0.717, 1.165) is 0 Å². The molecule has 7 heteroatoms. The van der Waals surface area contributed by atoms with E-state index in [2.05, 4.69) is 5.32 Å². The number of benzene rings is 1. The van der Waals surface area contributed by atoms with Gasteiger partial charge in [-0.05, 0) is 12.1 Å². The van der Waals surface area contributed by atoms with Gasteiger partial charge in [-0.1, -0.05) is 12.1 Å². The van der Waals surface area contributed by atoms with Crippen molar-refractivity contribution in [3.63, 3.8) is 0 Å². The fourth-order valence-electron chi connectivity index (χ4n) is 1.30. The number of primary amides is 1. The van der Waals surface area contributed by atoms with Gasteiger partial charge in [-0.25, -0.2) is 4.79 Å². The Morgan fingerprint density at radius 3 is 2.39 bits per heavy atom. The van der Waals surface area contributed by atoms with Crippen molar-refractivity contribution in [1.29, 1.82) is 0 Å². The molecule has 0 aliphatic rings. The van der Waals surface area contributed by atoms with Crippen molar-refractivity contribution < 1.29 is 24.6 Å². The van der Waals surface area contributed by atoms with Crippen molar-refractivity contribution >= 4 is 17.8 Å². The van der Waals surface area contributed by atoms with Crippen LogP contribution in [0.15, 0.2) is 24.3 Å². The fraction of sp³-hybridized carbons (Fsp3) is 0.182. The van der Waals surface area contributed by atoms with Crippen LogP contribution in [0.3, 0.4) is 0 Å². The monoisotopic (exact) mass is 252 g/mol. The number of carbonyl (C=O) groups is 3. The Hall–Kier alpha value is -2.57. The van der Waals surface area contributed by atoms with Crippen molar-refractivity contribution in [3.05, 3.63) is 29.8 Å². The van der Waals surface area contributed by atoms with Crippen molar-refractivity contribution in [2.24, 2.45) is 5.73 Å². The Balaban J connectivity index is 2.82. The van der Waals surface area contributed by atoms with Crippen LogP contribution in [0.4, 0.5) is 0 Å². The van der Waals surface area contributed by atoms with Crippen LogP contribution in [-0.2, 0) is 9.59 Å². The lowest BCUT2D eigenvalue weighted by Crippen LogP contribution is -2.43. The van der Waals surface area contributed by atoms with Gasteiger partial charge in [-0.2, -0.15) is 0 Å². The van der Waals surface area contributed by atoms with Gasteiger partial charge in [0, 0.05) is 0 Å². The summed E-state index contributed by atoms with van der Waals surface area (Å²) < 4.78 is 0. The molecule has 5 N–H and O–H groups in total. The molecule has 0 fully saturated rings. The van der Waals surface area contributed by atoms with E-state index in [1.807, 2.05) is 0 Å². The van der Waals surface area contributed by atoms with E-state index < -0.39 is 30.2 Å². The number of phenolic OH excluding ortho intramolecular Hbond substituents is 1. The van der Waals surface area contributed by atoms with Gasteiger partial charge in [0.2, 0.25) is 5.91 Å². The van der Waals surface area contributed by atoms with Gasteiger partial charge in [0.05, 0.1) is 12.0 Å². The Morgan fingerprint density at radius 2 is 1.89 bits per heavy atom. The first kappa shape index (κ1) is 13.5. The van der Waals surface area contributed by atoms with Crippen LogP contribution in [0.1, 0.15) is 16.8 Å². The highest BCUT2D eigenvalue weighted by Crippen LogP contribution is 2.15. The average molecular weight is 252 g/mol. The highest BCUT2D eigenvalue weighted by Gasteiger charge is 2.23. The normalized spacial score (nSPS) is 11.6. The predicted octanol–water partition coefficient (Wildman–Crippen LogP) is -0.549. The summed E-state index contributed by atoms with van der Waals surface area (Å²) >= 11 is 0. The van der Waals surface area contributed by atoms with E-state index in [0.29, 0.717) is 0 Å². The van der Waals surface area contributed by atoms with Crippen molar-refractivity contribution in [2.75, 3.05) is 0 Å². The Morgan fingerprint density at radius 1 is 1.28 bits per heavy atom. The first-order valence-electron chi connectivity index (χ1n) is 5.01. The lowest BCUT2D eigenvalue weighted by molar-refractivity contribution is -0.140. The largest absolute Gasteiger partial charge is 0.507 e. The number of carboxylic acids is 1. The van der Waals surface area contributed by atoms with Crippen LogP contribution in [-0.4, -0.2) is 34.0 Å². The fourth-order valence-corrected chi connectivity index (χ4v) is 1.30. The molecule has 0 heterocycles. The minimum atomic E-state index is -1.42. The second-order valence-electron chi connectivity index (χ2n) is 3.55. The number of nitrogens with one attached hydrogen (secondary N) is 1. The minimum Gasteiger partial charge on any atom is -0.507 e. The molecule has 1 aromatic carbocycles. The van der Waals surface area contributed by atoms with E-state index in [1.54, 1.807) is 0 Å². The molecule has 0 aliphatic heterocycles. The zero-order chi connectivity index (χ0) is 13.7. The maximum Gasteiger partial charge on any atom is 0.326 e. The summed E-state index contributed by atoms with van der Waals surface area (Å²) in [5.74, 6) is -3.29. The van der Waals surface area contributed by atoms with Crippen LogP contribution in [0.5, 0.6) is 5.75 Å². The van der Waals surface area contributed by atoms with Gasteiger partial charge in [-0.3, -0.25) is 9.59 Å². The standard InChI is InChI=1S/C11H12N2O5/c12-9(15)5-7(11(17)18)13-10(16)6-3-1-2-4-8(6)14/h1-4,7,14H,5H2,(H2,12,15)(H,13,16)(H,17,18)/t7-/m1/s1. The van der Waals surface area contributed by atoms with Crippen LogP contribution in [0.25, 0.3) is 0 Å². The number of aliphatic carboxylic acids is 1. The number of hydrogen-bond acceptors (Lipinski definition) is 4. The van der Waals surface area contributed by atoms with Gasteiger partial charge in [-0.15, -0.1) is 0 Å². The number of carbonyl (C=O) groups excluding carboxylic acids is 2. The molecule has 0 saturated carbocycles. The van der Waals surface area contributed by atoms with E-state index in [-0.39, 0.29) is 11.3 Å². The minimum absolute atomic E-state index is 0.0757. The Kier molecular flexibility index (Phi) is 4.25. The highest BCUT2D eigenvalue weighted by atomic mass is 16.4. The van der Waals surface area contributed by atoms with Crippen LogP contribution < -0.4 is 11.1 Å². The van der Waals surface area contributed by atoms with E-state index in [9.17, 15) is 19.5 Å². The maximum atomic E-state index is 11.7. The molecule has 0 saturated heterocycles. The zero-order valence-corrected chi connectivity index (χ0v) is 9.29. The lowest BCUT2D eigenvalue weighted by atomic mass is 10.1. The summed E-state index contributed by atoms with van der Waals surface area (Å²) in [4.78, 5) is 33.1. The Bertz CT molecular complexity index is 486. The molecule has 1 atom stereocenters. The number of nitrogens with two attached hydrogens (primary N) is 1. The summed E-state index contributed by atoms with van der Waals surface area (Å²) in [5, 5.41) is 20.3. The molecule has 0 aliphatic carbocycles. The first-order valence-corrected chi connectivity index (χ1v) is 5.01. The number of aromatic hydroxyl groups is 1. The van der Waals surface area contributed by atoms with Gasteiger partial charge in [0.25, 0.3) is 5.91 Å². The van der Waals surface area contributed by atoms with Crippen molar-refractivity contribution in [3.8, 4) is 5.75 Å². The topological polar surface area (TPSA) is 130 Å². The van der Waals surface area contributed by atoms with E-state index >= 15 is 0 Å². The third kappa shape index (κ3) is 3.48. The van der Waals surface area contributed by atoms with Crippen molar-refractivity contribution in [1.82, 2.24) is 5.32 Å². The summed E-state index contributed by atoms with van der Waals surface area (Å²) in [5.41, 5.74) is 4.80. The lowest BCUT2D eigenvalue weighted by Gasteiger charge is -2.13. The van der Waals surface area contributed by atoms with Gasteiger partial charge in [0.15, 0.2) is 0 Å². The molecule has 0 bridgehead atoms. The number of rotatable bonds is 5. The molecule has 2 amide bonds. The van der Waals surface area contributed by atoms with Gasteiger partial charge < -0.3 is 21.3 Å². The third-order valence-corrected chi connectivity index (χ3v) is 2.16. The average Bonchev–Trinajstić information content (AvgIpc) is 2.27. The molecule has 1 aromatic rings. The molecule has 7 nitrogen and oxygen atoms in total. The second-order valence-corrected chi connectivity index (χ2v) is 3.55. The highest BCUT2D eigenvalue weighted by molar-refractivity contribution is 5.99. The first-order chi connectivity index (χ1) is 8.41. The molecule has 1 rings (SSSR count). The van der Waals surface area contributed by atoms with Gasteiger partial charge >= 0.3 is 5.97 Å². The van der Waals surface area contributed by atoms with Crippen LogP contribution >= 0.6 is 0 Å². The molecular weight excluding hydrogens is 240 g/mol. The zero-order valence-electron chi connectivity index (χ0n) is 9.29. The smallest absolute Gasteiger partial charge is 0.326 e. The maximum absolute atomic E-state index is 11.7. The summed E-state index contributed by atoms with van der Waals surface area (Å²) in [6, 6.07) is 4.23. The van der Waals surface area contributed by atoms with E-state index in [4.69, 9.17) is 10.8 Å². The van der Waals surface area contributed by atoms with Gasteiger partial charge in [0.1, 0.15) is 11.8 Å². The Labute approximate surface area is 102 Å². The summed E-state index contributed by atoms with van der Waals surface area (Å²) in [6.45, 7) is 0. The molecule has 0 unspecified atom stereocenters. The van der Waals surface area contributed by atoms with E-state index in [1.165, 1.54) is 24.3 Å². The molecular formula is C11H12N2O5. The number of para-hydroxylation sites is 1. The molecule has 18 heavy (non-hydrogen) atoms. The number of hydrogen-bond donors (Lipinski definition) is 4. The summed E-state index contributed by atoms with van der Waals surface area (Å²) in [6.07, 6.45) is -0.519. The number of phenols is 1. The second kappa shape index (κ2) is 5.67. The molecule has 0 radical (unpaired) electrons. The van der Waals surface area contributed by atoms with Crippen molar-refractivity contribution in [2.45, 2.75) is 12.5 Å². The predicted molar refractivity (Wildman–Crippen MR) is 60.8 cm³/mol. The molecule has 0 aromatic heterocycles. The van der Waals surface area contributed by atoms with Crippen LogP contribution in [0.2, 0.25) is 0 Å². The summed E-state index contributed by atoms with van der Waals surface area (Å²) in [7, 11) is 0. The number of amides is 2. The van der Waals surface area contributed by atoms with Crippen LogP contribution in [0, 0.1) is 0 Å². The third-order valence-electron chi connectivity index (χ3n) is 2.16.